The molecule has 0 bridgehead atoms. The van der Waals surface area contributed by atoms with Crippen molar-refractivity contribution in [2.45, 2.75) is 78.7 Å². The third-order valence-electron chi connectivity index (χ3n) is 5.06. The van der Waals surface area contributed by atoms with Crippen molar-refractivity contribution in [1.29, 1.82) is 0 Å². The van der Waals surface area contributed by atoms with Gasteiger partial charge in [-0.15, -0.1) is 0 Å². The Kier molecular flexibility index (Phi) is 5.72. The highest BCUT2D eigenvalue weighted by Crippen LogP contribution is 2.37. The van der Waals surface area contributed by atoms with Crippen LogP contribution in [-0.4, -0.2) is 6.04 Å². The first-order valence-corrected chi connectivity index (χ1v) is 8.84. The van der Waals surface area contributed by atoms with Crippen molar-refractivity contribution in [1.82, 2.24) is 0 Å². The first-order valence-electron chi connectivity index (χ1n) is 8.84. The van der Waals surface area contributed by atoms with Crippen molar-refractivity contribution < 1.29 is 0 Å². The number of nitrogens with one attached hydrogen (secondary N) is 1. The van der Waals surface area contributed by atoms with E-state index in [1.165, 1.54) is 56.2 Å². The van der Waals surface area contributed by atoms with E-state index in [1.54, 1.807) is 0 Å². The minimum atomic E-state index is 0.469. The van der Waals surface area contributed by atoms with Gasteiger partial charge in [0, 0.05) is 11.7 Å². The van der Waals surface area contributed by atoms with E-state index in [1.807, 2.05) is 0 Å². The zero-order chi connectivity index (χ0) is 15.3. The van der Waals surface area contributed by atoms with Crippen molar-refractivity contribution in [2.24, 2.45) is 11.3 Å². The van der Waals surface area contributed by atoms with Crippen LogP contribution in [0.5, 0.6) is 0 Å². The smallest absolute Gasteiger partial charge is 0.0342 e. The number of benzene rings is 1. The van der Waals surface area contributed by atoms with Crippen molar-refractivity contribution >= 4 is 5.69 Å². The summed E-state index contributed by atoms with van der Waals surface area (Å²) in [5.41, 5.74) is 3.22. The molecule has 0 aromatic heterocycles. The van der Waals surface area contributed by atoms with E-state index in [9.17, 15) is 0 Å². The molecule has 118 valence electrons. The Morgan fingerprint density at radius 2 is 1.71 bits per heavy atom. The Balaban J connectivity index is 1.88. The fourth-order valence-corrected chi connectivity index (χ4v) is 3.60. The predicted octanol–water partition coefficient (Wildman–Crippen LogP) is 6.05. The molecule has 2 unspecified atom stereocenters. The molecule has 0 aliphatic heterocycles. The van der Waals surface area contributed by atoms with Crippen molar-refractivity contribution in [3.8, 4) is 0 Å². The van der Waals surface area contributed by atoms with Gasteiger partial charge in [0.1, 0.15) is 0 Å². The molecule has 0 radical (unpaired) electrons. The van der Waals surface area contributed by atoms with Crippen LogP contribution in [0.2, 0.25) is 0 Å². The van der Waals surface area contributed by atoms with E-state index in [0.717, 1.165) is 5.92 Å². The van der Waals surface area contributed by atoms with E-state index in [0.29, 0.717) is 11.5 Å². The highest BCUT2D eigenvalue weighted by atomic mass is 14.9. The van der Waals surface area contributed by atoms with Crippen LogP contribution in [0.25, 0.3) is 0 Å². The van der Waals surface area contributed by atoms with Gasteiger partial charge in [0.05, 0.1) is 0 Å². The summed E-state index contributed by atoms with van der Waals surface area (Å²) in [5.74, 6) is 0.885. The predicted molar refractivity (Wildman–Crippen MR) is 93.9 cm³/mol. The molecule has 2 atom stereocenters. The lowest BCUT2D eigenvalue weighted by Crippen LogP contribution is -2.21. The molecule has 0 saturated heterocycles. The first-order chi connectivity index (χ1) is 9.99. The summed E-state index contributed by atoms with van der Waals surface area (Å²) >= 11 is 0. The minimum Gasteiger partial charge on any atom is -0.382 e. The Hall–Kier alpha value is -0.980. The number of anilines is 1. The van der Waals surface area contributed by atoms with Crippen LogP contribution in [0.4, 0.5) is 5.69 Å². The second-order valence-corrected chi connectivity index (χ2v) is 7.86. The zero-order valence-corrected chi connectivity index (χ0v) is 14.4. The zero-order valence-electron chi connectivity index (χ0n) is 14.4. The summed E-state index contributed by atoms with van der Waals surface area (Å²) in [6, 6.07) is 9.74. The lowest BCUT2D eigenvalue weighted by molar-refractivity contribution is 0.214. The van der Waals surface area contributed by atoms with Crippen LogP contribution in [0.1, 0.15) is 71.8 Å². The van der Waals surface area contributed by atoms with Crippen LogP contribution in [0.15, 0.2) is 24.3 Å². The molecule has 1 aliphatic carbocycles. The fraction of sp³-hybridized carbons (Fsp3) is 0.700. The largest absolute Gasteiger partial charge is 0.382 e. The second kappa shape index (κ2) is 7.33. The third-order valence-corrected chi connectivity index (χ3v) is 5.06. The number of hydrogen-bond donors (Lipinski definition) is 1. The molecule has 1 nitrogen and oxygen atoms in total. The van der Waals surface area contributed by atoms with Crippen LogP contribution in [-0.2, 0) is 6.42 Å². The second-order valence-electron chi connectivity index (χ2n) is 7.86. The van der Waals surface area contributed by atoms with Gasteiger partial charge in [0.15, 0.2) is 0 Å². The summed E-state index contributed by atoms with van der Waals surface area (Å²) in [6.07, 6.45) is 9.20. The van der Waals surface area contributed by atoms with Gasteiger partial charge < -0.3 is 5.32 Å². The van der Waals surface area contributed by atoms with Gasteiger partial charge in [-0.2, -0.15) is 0 Å². The lowest BCUT2D eigenvalue weighted by Gasteiger charge is -2.29. The van der Waals surface area contributed by atoms with Gasteiger partial charge in [-0.1, -0.05) is 52.7 Å². The summed E-state index contributed by atoms with van der Waals surface area (Å²) in [7, 11) is 0. The highest BCUT2D eigenvalue weighted by Gasteiger charge is 2.27. The average Bonchev–Trinajstić information content (AvgIpc) is 2.66. The van der Waals surface area contributed by atoms with Gasteiger partial charge in [0.2, 0.25) is 0 Å². The molecule has 1 aliphatic rings. The van der Waals surface area contributed by atoms with Crippen LogP contribution < -0.4 is 5.32 Å². The molecule has 0 heterocycles. The van der Waals surface area contributed by atoms with E-state index >= 15 is 0 Å². The maximum absolute atomic E-state index is 3.76. The highest BCUT2D eigenvalue weighted by molar-refractivity contribution is 5.45. The number of rotatable bonds is 4. The van der Waals surface area contributed by atoms with Gasteiger partial charge in [0.25, 0.3) is 0 Å². The normalized spacial score (nSPS) is 23.6. The summed E-state index contributed by atoms with van der Waals surface area (Å²) in [4.78, 5) is 0. The molecule has 1 aromatic rings. The van der Waals surface area contributed by atoms with Crippen LogP contribution >= 0.6 is 0 Å². The third kappa shape index (κ3) is 5.05. The summed E-state index contributed by atoms with van der Waals surface area (Å²) in [6.45, 7) is 9.44. The Bertz CT molecular complexity index is 412. The van der Waals surface area contributed by atoms with Crippen molar-refractivity contribution in [3.63, 3.8) is 0 Å². The molecule has 1 heteroatoms. The summed E-state index contributed by atoms with van der Waals surface area (Å²) in [5, 5.41) is 3.76. The maximum atomic E-state index is 3.76. The molecule has 2 rings (SSSR count). The molecule has 1 N–H and O–H groups in total. The van der Waals surface area contributed by atoms with E-state index in [2.05, 4.69) is 57.3 Å². The van der Waals surface area contributed by atoms with Crippen molar-refractivity contribution in [2.75, 3.05) is 5.32 Å². The SMILES string of the molecule is CCCc1ccc(NC2CCCC(C(C)(C)C)CC2)cc1. The summed E-state index contributed by atoms with van der Waals surface area (Å²) < 4.78 is 0. The maximum Gasteiger partial charge on any atom is 0.0342 e. The quantitative estimate of drug-likeness (QED) is 0.665. The Morgan fingerprint density at radius 1 is 1.00 bits per heavy atom. The van der Waals surface area contributed by atoms with Gasteiger partial charge in [-0.25, -0.2) is 0 Å². The van der Waals surface area contributed by atoms with Gasteiger partial charge >= 0.3 is 0 Å². The fourth-order valence-electron chi connectivity index (χ4n) is 3.60. The van der Waals surface area contributed by atoms with Crippen LogP contribution in [0.3, 0.4) is 0 Å². The molecule has 0 amide bonds. The molecule has 1 saturated carbocycles. The van der Waals surface area contributed by atoms with E-state index < -0.39 is 0 Å². The number of aryl methyl sites for hydroxylation is 1. The Labute approximate surface area is 131 Å². The number of hydrogen-bond acceptors (Lipinski definition) is 1. The van der Waals surface area contributed by atoms with Crippen molar-refractivity contribution in [3.05, 3.63) is 29.8 Å². The van der Waals surface area contributed by atoms with E-state index in [-0.39, 0.29) is 0 Å². The minimum absolute atomic E-state index is 0.469. The van der Waals surface area contributed by atoms with Crippen LogP contribution in [0, 0.1) is 11.3 Å². The van der Waals surface area contributed by atoms with E-state index in [4.69, 9.17) is 0 Å². The Morgan fingerprint density at radius 3 is 2.33 bits per heavy atom. The van der Waals surface area contributed by atoms with Gasteiger partial charge in [-0.3, -0.25) is 0 Å². The average molecular weight is 287 g/mol. The standard InChI is InChI=1S/C20H33N/c1-5-7-16-10-13-19(14-11-16)21-18-9-6-8-17(12-15-18)20(2,3)4/h10-11,13-14,17-18,21H,5-9,12,15H2,1-4H3. The molecular formula is C20H33N. The molecule has 1 fully saturated rings. The topological polar surface area (TPSA) is 12.0 Å². The molecule has 0 spiro atoms. The molecule has 1 aromatic carbocycles. The molecule has 21 heavy (non-hydrogen) atoms. The van der Waals surface area contributed by atoms with Gasteiger partial charge in [-0.05, 0) is 61.1 Å². The lowest BCUT2D eigenvalue weighted by atomic mass is 9.76. The first kappa shape index (κ1) is 16.4. The molecular weight excluding hydrogens is 254 g/mol. The monoisotopic (exact) mass is 287 g/mol.